The van der Waals surface area contributed by atoms with Crippen LogP contribution in [0.15, 0.2) is 53.0 Å². The molecule has 0 aliphatic carbocycles. The smallest absolute Gasteiger partial charge is 0.226 e. The maximum atomic E-state index is 11.9. The number of carbonyl (C=O) groups is 1. The van der Waals surface area contributed by atoms with Crippen molar-refractivity contribution in [2.45, 2.75) is 13.3 Å². The number of para-hydroxylation sites is 1. The van der Waals surface area contributed by atoms with E-state index in [1.807, 2.05) is 55.5 Å². The summed E-state index contributed by atoms with van der Waals surface area (Å²) in [5, 5.41) is 6.09. The van der Waals surface area contributed by atoms with E-state index >= 15 is 0 Å². The minimum atomic E-state index is -0.0243. The van der Waals surface area contributed by atoms with Gasteiger partial charge in [0.05, 0.1) is 6.61 Å². The first kappa shape index (κ1) is 16.4. The van der Waals surface area contributed by atoms with Crippen LogP contribution in [0.3, 0.4) is 0 Å². The number of rotatable bonds is 7. The van der Waals surface area contributed by atoms with Crippen LogP contribution in [-0.4, -0.2) is 19.1 Å². The molecule has 22 heavy (non-hydrogen) atoms. The molecular formula is C17H19BrN2O2. The Balaban J connectivity index is 1.77. The molecule has 2 N–H and O–H groups in total. The molecule has 2 rings (SSSR count). The van der Waals surface area contributed by atoms with Crippen LogP contribution in [0.5, 0.6) is 5.75 Å². The van der Waals surface area contributed by atoms with Crippen LogP contribution in [0.2, 0.25) is 0 Å². The summed E-state index contributed by atoms with van der Waals surface area (Å²) in [5.41, 5.74) is 1.76. The van der Waals surface area contributed by atoms with Crippen molar-refractivity contribution in [2.24, 2.45) is 0 Å². The van der Waals surface area contributed by atoms with Gasteiger partial charge in [0.1, 0.15) is 5.75 Å². The summed E-state index contributed by atoms with van der Waals surface area (Å²) in [6.07, 6.45) is 0.397. The van der Waals surface area contributed by atoms with Gasteiger partial charge in [-0.3, -0.25) is 4.79 Å². The minimum Gasteiger partial charge on any atom is -0.494 e. The zero-order valence-corrected chi connectivity index (χ0v) is 14.0. The first-order valence-corrected chi connectivity index (χ1v) is 7.99. The lowest BCUT2D eigenvalue weighted by Crippen LogP contribution is -2.16. The van der Waals surface area contributed by atoms with Gasteiger partial charge in [-0.1, -0.05) is 12.1 Å². The van der Waals surface area contributed by atoms with E-state index in [0.29, 0.717) is 19.6 Å². The maximum Gasteiger partial charge on any atom is 0.226 e. The molecule has 0 aliphatic rings. The van der Waals surface area contributed by atoms with Crippen molar-refractivity contribution >= 4 is 33.2 Å². The molecule has 0 saturated carbocycles. The van der Waals surface area contributed by atoms with E-state index in [-0.39, 0.29) is 5.91 Å². The number of halogens is 1. The average Bonchev–Trinajstić information content (AvgIpc) is 2.51. The van der Waals surface area contributed by atoms with E-state index < -0.39 is 0 Å². The second-order valence-corrected chi connectivity index (χ2v) is 5.52. The summed E-state index contributed by atoms with van der Waals surface area (Å²) >= 11 is 3.46. The largest absolute Gasteiger partial charge is 0.494 e. The van der Waals surface area contributed by atoms with E-state index in [1.165, 1.54) is 0 Å². The Kier molecular flexibility index (Phi) is 6.27. The minimum absolute atomic E-state index is 0.0243. The Morgan fingerprint density at radius 1 is 1.14 bits per heavy atom. The molecule has 0 saturated heterocycles. The average molecular weight is 363 g/mol. The lowest BCUT2D eigenvalue weighted by Gasteiger charge is -2.09. The van der Waals surface area contributed by atoms with E-state index in [4.69, 9.17) is 4.74 Å². The molecule has 0 aliphatic heterocycles. The number of carbonyl (C=O) groups excluding carboxylic acids is 1. The van der Waals surface area contributed by atoms with Crippen LogP contribution in [0.25, 0.3) is 0 Å². The van der Waals surface area contributed by atoms with Crippen LogP contribution in [0.4, 0.5) is 11.4 Å². The van der Waals surface area contributed by atoms with Crippen LogP contribution >= 0.6 is 15.9 Å². The molecule has 4 nitrogen and oxygen atoms in total. The van der Waals surface area contributed by atoms with Gasteiger partial charge in [-0.2, -0.15) is 0 Å². The van der Waals surface area contributed by atoms with Gasteiger partial charge < -0.3 is 15.4 Å². The number of amides is 1. The Hall–Kier alpha value is -2.01. The molecule has 0 spiro atoms. The molecule has 0 radical (unpaired) electrons. The summed E-state index contributed by atoms with van der Waals surface area (Å²) in [6, 6.07) is 15.2. The highest BCUT2D eigenvalue weighted by Gasteiger charge is 2.03. The van der Waals surface area contributed by atoms with Gasteiger partial charge >= 0.3 is 0 Å². The third-order valence-corrected chi connectivity index (χ3v) is 3.68. The van der Waals surface area contributed by atoms with Crippen LogP contribution in [-0.2, 0) is 4.79 Å². The van der Waals surface area contributed by atoms with Gasteiger partial charge in [0.15, 0.2) is 0 Å². The fourth-order valence-corrected chi connectivity index (χ4v) is 2.36. The van der Waals surface area contributed by atoms with Gasteiger partial charge in [0.2, 0.25) is 5.91 Å². The number of benzene rings is 2. The Morgan fingerprint density at radius 2 is 1.86 bits per heavy atom. The molecule has 0 heterocycles. The normalized spacial score (nSPS) is 10.1. The molecule has 116 valence electrons. The lowest BCUT2D eigenvalue weighted by molar-refractivity contribution is -0.115. The summed E-state index contributed by atoms with van der Waals surface area (Å²) < 4.78 is 6.35. The first-order valence-electron chi connectivity index (χ1n) is 7.20. The highest BCUT2D eigenvalue weighted by molar-refractivity contribution is 9.10. The zero-order chi connectivity index (χ0) is 15.8. The molecule has 0 atom stereocenters. The topological polar surface area (TPSA) is 50.4 Å². The first-order chi connectivity index (χ1) is 10.7. The van der Waals surface area contributed by atoms with Gasteiger partial charge in [-0.25, -0.2) is 0 Å². The van der Waals surface area contributed by atoms with Crippen LogP contribution < -0.4 is 15.4 Å². The third-order valence-electron chi connectivity index (χ3n) is 2.99. The molecule has 0 aromatic heterocycles. The van der Waals surface area contributed by atoms with Crippen LogP contribution in [0, 0.1) is 0 Å². The van der Waals surface area contributed by atoms with E-state index in [9.17, 15) is 4.79 Å². The SMILES string of the molecule is CCOc1ccc(NC(=O)CCNc2ccccc2Br)cc1. The van der Waals surface area contributed by atoms with Crippen molar-refractivity contribution in [3.05, 3.63) is 53.0 Å². The number of anilines is 2. The van der Waals surface area contributed by atoms with Crippen molar-refractivity contribution in [2.75, 3.05) is 23.8 Å². The standard InChI is InChI=1S/C17H19BrN2O2/c1-2-22-14-9-7-13(8-10-14)20-17(21)11-12-19-16-6-4-3-5-15(16)18/h3-10,19H,2,11-12H2,1H3,(H,20,21). The van der Waals surface area contributed by atoms with Crippen molar-refractivity contribution < 1.29 is 9.53 Å². The lowest BCUT2D eigenvalue weighted by atomic mass is 10.3. The highest BCUT2D eigenvalue weighted by atomic mass is 79.9. The van der Waals surface area contributed by atoms with E-state index in [0.717, 1.165) is 21.6 Å². The predicted octanol–water partition coefficient (Wildman–Crippen LogP) is 4.29. The summed E-state index contributed by atoms with van der Waals surface area (Å²) in [7, 11) is 0. The monoisotopic (exact) mass is 362 g/mol. The molecule has 5 heteroatoms. The summed E-state index contributed by atoms with van der Waals surface area (Å²) in [5.74, 6) is 0.778. The predicted molar refractivity (Wildman–Crippen MR) is 93.5 cm³/mol. The molecule has 0 unspecified atom stereocenters. The van der Waals surface area contributed by atoms with Crippen molar-refractivity contribution in [3.8, 4) is 5.75 Å². The van der Waals surface area contributed by atoms with Gasteiger partial charge in [0, 0.05) is 28.8 Å². The van der Waals surface area contributed by atoms with Gasteiger partial charge in [0.25, 0.3) is 0 Å². The fourth-order valence-electron chi connectivity index (χ4n) is 1.94. The molecule has 2 aromatic carbocycles. The number of ether oxygens (including phenoxy) is 1. The molecule has 1 amide bonds. The number of hydrogen-bond donors (Lipinski definition) is 2. The van der Waals surface area contributed by atoms with Crippen LogP contribution in [0.1, 0.15) is 13.3 Å². The molecule has 0 bridgehead atoms. The Bertz CT molecular complexity index is 614. The quantitative estimate of drug-likeness (QED) is 0.772. The summed E-state index contributed by atoms with van der Waals surface area (Å²) in [6.45, 7) is 3.14. The Morgan fingerprint density at radius 3 is 2.55 bits per heavy atom. The molecule has 0 fully saturated rings. The second kappa shape index (κ2) is 8.44. The Labute approximate surface area is 139 Å². The van der Waals surface area contributed by atoms with Gasteiger partial charge in [-0.15, -0.1) is 0 Å². The van der Waals surface area contributed by atoms with E-state index in [2.05, 4.69) is 26.6 Å². The highest BCUT2D eigenvalue weighted by Crippen LogP contribution is 2.21. The van der Waals surface area contributed by atoms with Crippen molar-refractivity contribution in [1.29, 1.82) is 0 Å². The van der Waals surface area contributed by atoms with Crippen molar-refractivity contribution in [1.82, 2.24) is 0 Å². The third kappa shape index (κ3) is 5.07. The van der Waals surface area contributed by atoms with Crippen molar-refractivity contribution in [3.63, 3.8) is 0 Å². The number of nitrogens with one attached hydrogen (secondary N) is 2. The second-order valence-electron chi connectivity index (χ2n) is 4.66. The molecule has 2 aromatic rings. The zero-order valence-electron chi connectivity index (χ0n) is 12.4. The molecular weight excluding hydrogens is 344 g/mol. The van der Waals surface area contributed by atoms with Gasteiger partial charge in [-0.05, 0) is 59.3 Å². The van der Waals surface area contributed by atoms with E-state index in [1.54, 1.807) is 0 Å². The maximum absolute atomic E-state index is 11.9. The summed E-state index contributed by atoms with van der Waals surface area (Å²) in [4.78, 5) is 11.9. The number of hydrogen-bond acceptors (Lipinski definition) is 3. The fraction of sp³-hybridized carbons (Fsp3) is 0.235.